The molecule has 0 heterocycles. The Morgan fingerprint density at radius 2 is 1.55 bits per heavy atom. The molecular weight excluding hydrogens is 433 g/mol. The number of carbonyl (C=O) groups excluding carboxylic acids is 1. The van der Waals surface area contributed by atoms with Crippen LogP contribution in [-0.4, -0.2) is 36.1 Å². The van der Waals surface area contributed by atoms with E-state index in [2.05, 4.69) is 15.4 Å². The molecule has 0 unspecified atom stereocenters. The minimum atomic E-state index is -4.76. The van der Waals surface area contributed by atoms with Crippen LogP contribution in [0.25, 0.3) is 0 Å². The molecule has 0 aliphatic heterocycles. The van der Waals surface area contributed by atoms with Gasteiger partial charge in [-0.15, -0.1) is 13.2 Å². The molecule has 1 amide bonds. The highest BCUT2D eigenvalue weighted by Crippen LogP contribution is 2.23. The molecule has 0 saturated carbocycles. The molecule has 5 nitrogen and oxygen atoms in total. The topological polar surface area (TPSA) is 70.6 Å². The standard InChI is InChI=1S/C25H25F3N2O3/c26-25(27,28)33-21-13-7-10-19(14-21)16-29-17-23(31)22(15-18-8-3-1-4-9-18)30-24(32)20-11-5-2-6-12-20/h1-14,22-23,29,31H,15-17H2,(H,30,32)/t22-,23+/m0/s1. The fraction of sp³-hybridized carbons (Fsp3) is 0.240. The van der Waals surface area contributed by atoms with Crippen LogP contribution in [0.2, 0.25) is 0 Å². The highest BCUT2D eigenvalue weighted by atomic mass is 19.4. The fourth-order valence-electron chi connectivity index (χ4n) is 3.35. The molecule has 3 aromatic rings. The molecule has 3 aromatic carbocycles. The lowest BCUT2D eigenvalue weighted by molar-refractivity contribution is -0.274. The first-order valence-electron chi connectivity index (χ1n) is 10.4. The van der Waals surface area contributed by atoms with Gasteiger partial charge in [-0.1, -0.05) is 60.7 Å². The van der Waals surface area contributed by atoms with Crippen LogP contribution < -0.4 is 15.4 Å². The van der Waals surface area contributed by atoms with Crippen molar-refractivity contribution < 1.29 is 27.8 Å². The first-order chi connectivity index (χ1) is 15.8. The maximum atomic E-state index is 12.6. The van der Waals surface area contributed by atoms with Gasteiger partial charge in [0, 0.05) is 18.7 Å². The zero-order chi connectivity index (χ0) is 23.7. The van der Waals surface area contributed by atoms with Crippen LogP contribution in [0.3, 0.4) is 0 Å². The van der Waals surface area contributed by atoms with Gasteiger partial charge in [0.1, 0.15) is 5.75 Å². The summed E-state index contributed by atoms with van der Waals surface area (Å²) in [5.41, 5.74) is 2.00. The van der Waals surface area contributed by atoms with Crippen molar-refractivity contribution in [3.8, 4) is 5.75 Å². The first kappa shape index (κ1) is 24.3. The predicted molar refractivity (Wildman–Crippen MR) is 119 cm³/mol. The summed E-state index contributed by atoms with van der Waals surface area (Å²) in [4.78, 5) is 12.6. The van der Waals surface area contributed by atoms with Gasteiger partial charge in [0.15, 0.2) is 0 Å². The Labute approximate surface area is 190 Å². The second-order valence-corrected chi connectivity index (χ2v) is 7.53. The van der Waals surface area contributed by atoms with Crippen LogP contribution in [0.15, 0.2) is 84.9 Å². The molecule has 0 aromatic heterocycles. The summed E-state index contributed by atoms with van der Waals surface area (Å²) in [7, 11) is 0. The number of benzene rings is 3. The summed E-state index contributed by atoms with van der Waals surface area (Å²) in [6.07, 6.45) is -5.28. The second-order valence-electron chi connectivity index (χ2n) is 7.53. The van der Waals surface area contributed by atoms with Crippen LogP contribution in [0, 0.1) is 0 Å². The zero-order valence-corrected chi connectivity index (χ0v) is 17.8. The Morgan fingerprint density at radius 1 is 0.909 bits per heavy atom. The van der Waals surface area contributed by atoms with Gasteiger partial charge >= 0.3 is 6.36 Å². The number of hydrogen-bond donors (Lipinski definition) is 3. The van der Waals surface area contributed by atoms with Gasteiger partial charge in [0.05, 0.1) is 12.1 Å². The molecule has 2 atom stereocenters. The van der Waals surface area contributed by atoms with Crippen LogP contribution in [0.1, 0.15) is 21.5 Å². The number of carbonyl (C=O) groups is 1. The molecular formula is C25H25F3N2O3. The van der Waals surface area contributed by atoms with E-state index in [-0.39, 0.29) is 24.7 Å². The number of halogens is 3. The average molecular weight is 458 g/mol. The van der Waals surface area contributed by atoms with Crippen molar-refractivity contribution in [1.29, 1.82) is 0 Å². The van der Waals surface area contributed by atoms with Gasteiger partial charge < -0.3 is 20.5 Å². The molecule has 0 aliphatic carbocycles. The summed E-state index contributed by atoms with van der Waals surface area (Å²) < 4.78 is 41.2. The number of hydrogen-bond acceptors (Lipinski definition) is 4. The van der Waals surface area contributed by atoms with Crippen LogP contribution in [0.5, 0.6) is 5.75 Å². The minimum Gasteiger partial charge on any atom is -0.406 e. The number of rotatable bonds is 10. The fourth-order valence-corrected chi connectivity index (χ4v) is 3.35. The van der Waals surface area contributed by atoms with Crippen molar-refractivity contribution in [2.45, 2.75) is 31.5 Å². The van der Waals surface area contributed by atoms with Crippen molar-refractivity contribution in [2.75, 3.05) is 6.54 Å². The third-order valence-electron chi connectivity index (χ3n) is 4.93. The van der Waals surface area contributed by atoms with Crippen molar-refractivity contribution in [1.82, 2.24) is 10.6 Å². The molecule has 3 N–H and O–H groups in total. The molecule has 0 fully saturated rings. The van der Waals surface area contributed by atoms with Crippen molar-refractivity contribution in [3.05, 3.63) is 102 Å². The second kappa shape index (κ2) is 11.5. The molecule has 0 bridgehead atoms. The van der Waals surface area contributed by atoms with E-state index in [0.717, 1.165) is 5.56 Å². The number of alkyl halides is 3. The lowest BCUT2D eigenvalue weighted by Crippen LogP contribution is -2.48. The lowest BCUT2D eigenvalue weighted by atomic mass is 10.0. The SMILES string of the molecule is O=C(N[C@@H](Cc1ccccc1)[C@H](O)CNCc1cccc(OC(F)(F)F)c1)c1ccccc1. The van der Waals surface area contributed by atoms with Crippen molar-refractivity contribution in [3.63, 3.8) is 0 Å². The molecule has 0 aliphatic rings. The first-order valence-corrected chi connectivity index (χ1v) is 10.4. The summed E-state index contributed by atoms with van der Waals surface area (Å²) in [5, 5.41) is 16.7. The van der Waals surface area contributed by atoms with Gasteiger partial charge in [-0.05, 0) is 41.8 Å². The largest absolute Gasteiger partial charge is 0.573 e. The van der Waals surface area contributed by atoms with Crippen molar-refractivity contribution in [2.24, 2.45) is 0 Å². The Bertz CT molecular complexity index is 1010. The lowest BCUT2D eigenvalue weighted by Gasteiger charge is -2.25. The average Bonchev–Trinajstić information content (AvgIpc) is 2.79. The van der Waals surface area contributed by atoms with E-state index in [1.165, 1.54) is 18.2 Å². The summed E-state index contributed by atoms with van der Waals surface area (Å²) in [5.74, 6) is -0.605. The van der Waals surface area contributed by atoms with Crippen molar-refractivity contribution >= 4 is 5.91 Å². The van der Waals surface area contributed by atoms with Gasteiger partial charge in [-0.25, -0.2) is 0 Å². The van der Waals surface area contributed by atoms with E-state index in [1.54, 1.807) is 30.3 Å². The van der Waals surface area contributed by atoms with Crippen LogP contribution >= 0.6 is 0 Å². The Kier molecular flexibility index (Phi) is 8.46. The highest BCUT2D eigenvalue weighted by molar-refractivity contribution is 5.94. The molecule has 0 spiro atoms. The number of aliphatic hydroxyl groups is 1. The monoisotopic (exact) mass is 458 g/mol. The number of ether oxygens (including phenoxy) is 1. The van der Waals surface area contributed by atoms with E-state index in [0.29, 0.717) is 17.5 Å². The molecule has 33 heavy (non-hydrogen) atoms. The van der Waals surface area contributed by atoms with E-state index < -0.39 is 18.5 Å². The number of amides is 1. The van der Waals surface area contributed by atoms with Gasteiger partial charge in [0.2, 0.25) is 0 Å². The van der Waals surface area contributed by atoms with Gasteiger partial charge in [-0.3, -0.25) is 4.79 Å². The predicted octanol–water partition coefficient (Wildman–Crippen LogP) is 4.08. The number of aliphatic hydroxyl groups excluding tert-OH is 1. The van der Waals surface area contributed by atoms with E-state index in [1.807, 2.05) is 36.4 Å². The molecule has 8 heteroatoms. The van der Waals surface area contributed by atoms with Crippen LogP contribution in [0.4, 0.5) is 13.2 Å². The summed E-state index contributed by atoms with van der Waals surface area (Å²) in [6.45, 7) is 0.341. The molecule has 0 radical (unpaired) electrons. The maximum Gasteiger partial charge on any atom is 0.573 e. The highest BCUT2D eigenvalue weighted by Gasteiger charge is 2.31. The third-order valence-corrected chi connectivity index (χ3v) is 4.93. The van der Waals surface area contributed by atoms with E-state index >= 15 is 0 Å². The quantitative estimate of drug-likeness (QED) is 0.428. The molecule has 3 rings (SSSR count). The maximum absolute atomic E-state index is 12.6. The smallest absolute Gasteiger partial charge is 0.406 e. The Hall–Kier alpha value is -3.36. The van der Waals surface area contributed by atoms with E-state index in [9.17, 15) is 23.1 Å². The normalized spacial score (nSPS) is 13.2. The van der Waals surface area contributed by atoms with E-state index in [4.69, 9.17) is 0 Å². The molecule has 174 valence electrons. The van der Waals surface area contributed by atoms with Gasteiger partial charge in [0.25, 0.3) is 5.91 Å². The molecule has 0 saturated heterocycles. The van der Waals surface area contributed by atoms with Crippen LogP contribution in [-0.2, 0) is 13.0 Å². The summed E-state index contributed by atoms with van der Waals surface area (Å²) in [6, 6.07) is 23.2. The zero-order valence-electron chi connectivity index (χ0n) is 17.8. The summed E-state index contributed by atoms with van der Waals surface area (Å²) >= 11 is 0. The van der Waals surface area contributed by atoms with Gasteiger partial charge in [-0.2, -0.15) is 0 Å². The minimum absolute atomic E-state index is 0.122. The Morgan fingerprint density at radius 3 is 2.21 bits per heavy atom. The third kappa shape index (κ3) is 8.25. The Balaban J connectivity index is 1.61. The number of nitrogens with one attached hydrogen (secondary N) is 2.